The molecule has 0 unspecified atom stereocenters. The van der Waals surface area contributed by atoms with E-state index in [2.05, 4.69) is 43.3 Å². The summed E-state index contributed by atoms with van der Waals surface area (Å²) in [7, 11) is 0. The number of halogens is 2. The van der Waals surface area contributed by atoms with Crippen molar-refractivity contribution in [2.24, 2.45) is 0 Å². The minimum absolute atomic E-state index is 0.454. The van der Waals surface area contributed by atoms with Gasteiger partial charge in [-0.1, -0.05) is 61.9 Å². The molecule has 1 aliphatic carbocycles. The summed E-state index contributed by atoms with van der Waals surface area (Å²) < 4.78 is 27.5. The van der Waals surface area contributed by atoms with Crippen LogP contribution in [0.15, 0.2) is 54.6 Å². The van der Waals surface area contributed by atoms with Gasteiger partial charge in [-0.05, 0) is 45.9 Å². The SMILES string of the molecule is CCCc1ccc(-c2ccc3c(c2)Cc2c-3ccc(F)c2F)cc1. The van der Waals surface area contributed by atoms with Crippen LogP contribution in [0.5, 0.6) is 0 Å². The second-order valence-electron chi connectivity index (χ2n) is 6.38. The lowest BCUT2D eigenvalue weighted by atomic mass is 9.98. The largest absolute Gasteiger partial charge is 0.204 e. The molecule has 1 aliphatic rings. The molecule has 24 heavy (non-hydrogen) atoms. The average Bonchev–Trinajstić information content (AvgIpc) is 2.98. The molecular formula is C22H18F2. The van der Waals surface area contributed by atoms with Crippen molar-refractivity contribution >= 4 is 0 Å². The normalized spacial score (nSPS) is 12.1. The summed E-state index contributed by atoms with van der Waals surface area (Å²) >= 11 is 0. The van der Waals surface area contributed by atoms with E-state index in [9.17, 15) is 8.78 Å². The number of fused-ring (bicyclic) bond motifs is 3. The molecule has 0 spiro atoms. The summed E-state index contributed by atoms with van der Waals surface area (Å²) in [6.07, 6.45) is 2.68. The standard InChI is InChI=1S/C22H18F2/c1-2-3-14-4-6-15(7-5-14)16-8-9-18-17(12-16)13-20-19(18)10-11-21(23)22(20)24/h4-12H,2-3,13H2,1H3. The first-order valence-electron chi connectivity index (χ1n) is 8.37. The Morgan fingerprint density at radius 1 is 0.833 bits per heavy atom. The first-order valence-corrected chi connectivity index (χ1v) is 8.37. The third kappa shape index (κ3) is 2.43. The van der Waals surface area contributed by atoms with Gasteiger partial charge in [0, 0.05) is 12.0 Å². The summed E-state index contributed by atoms with van der Waals surface area (Å²) in [5.74, 6) is -1.48. The fourth-order valence-corrected chi connectivity index (χ4v) is 3.54. The number of aryl methyl sites for hydroxylation is 1. The topological polar surface area (TPSA) is 0 Å². The maximum absolute atomic E-state index is 14.0. The lowest BCUT2D eigenvalue weighted by Crippen LogP contribution is -1.91. The van der Waals surface area contributed by atoms with Gasteiger partial charge in [0.25, 0.3) is 0 Å². The fraction of sp³-hybridized carbons (Fsp3) is 0.182. The molecule has 0 saturated heterocycles. The van der Waals surface area contributed by atoms with E-state index in [0.29, 0.717) is 12.0 Å². The molecule has 0 heterocycles. The molecule has 3 aromatic rings. The summed E-state index contributed by atoms with van der Waals surface area (Å²) in [4.78, 5) is 0. The Kier molecular flexibility index (Phi) is 3.68. The molecular weight excluding hydrogens is 302 g/mol. The summed E-state index contributed by atoms with van der Waals surface area (Å²) in [5.41, 5.74) is 6.96. The maximum Gasteiger partial charge on any atom is 0.162 e. The van der Waals surface area contributed by atoms with Gasteiger partial charge in [0.15, 0.2) is 11.6 Å². The molecule has 0 fully saturated rings. The predicted octanol–water partition coefficient (Wildman–Crippen LogP) is 6.16. The molecule has 3 aromatic carbocycles. The van der Waals surface area contributed by atoms with Crippen molar-refractivity contribution in [2.45, 2.75) is 26.2 Å². The van der Waals surface area contributed by atoms with Crippen LogP contribution in [0.25, 0.3) is 22.3 Å². The Morgan fingerprint density at radius 2 is 1.54 bits per heavy atom. The van der Waals surface area contributed by atoms with Crippen LogP contribution in [0.2, 0.25) is 0 Å². The highest BCUT2D eigenvalue weighted by Gasteiger charge is 2.23. The van der Waals surface area contributed by atoms with Crippen molar-refractivity contribution < 1.29 is 8.78 Å². The van der Waals surface area contributed by atoms with Crippen molar-refractivity contribution in [1.29, 1.82) is 0 Å². The van der Waals surface area contributed by atoms with Crippen molar-refractivity contribution in [1.82, 2.24) is 0 Å². The molecule has 0 nitrogen and oxygen atoms in total. The van der Waals surface area contributed by atoms with E-state index in [1.807, 2.05) is 6.07 Å². The third-order valence-electron chi connectivity index (χ3n) is 4.78. The zero-order chi connectivity index (χ0) is 16.7. The highest BCUT2D eigenvalue weighted by atomic mass is 19.2. The van der Waals surface area contributed by atoms with Gasteiger partial charge in [0.05, 0.1) is 0 Å². The number of hydrogen-bond donors (Lipinski definition) is 0. The molecule has 2 heteroatoms. The van der Waals surface area contributed by atoms with Crippen molar-refractivity contribution in [2.75, 3.05) is 0 Å². The lowest BCUT2D eigenvalue weighted by molar-refractivity contribution is 0.502. The molecule has 0 aliphatic heterocycles. The summed E-state index contributed by atoms with van der Waals surface area (Å²) in [5, 5.41) is 0. The Morgan fingerprint density at radius 3 is 2.29 bits per heavy atom. The number of rotatable bonds is 3. The molecule has 0 aromatic heterocycles. The van der Waals surface area contributed by atoms with Crippen LogP contribution in [-0.2, 0) is 12.8 Å². The highest BCUT2D eigenvalue weighted by Crippen LogP contribution is 2.40. The third-order valence-corrected chi connectivity index (χ3v) is 4.78. The van der Waals surface area contributed by atoms with Crippen molar-refractivity contribution in [3.8, 4) is 22.3 Å². The van der Waals surface area contributed by atoms with Crippen molar-refractivity contribution in [3.63, 3.8) is 0 Å². The van der Waals surface area contributed by atoms with E-state index in [0.717, 1.165) is 40.7 Å². The monoisotopic (exact) mass is 320 g/mol. The molecule has 0 bridgehead atoms. The molecule has 0 radical (unpaired) electrons. The Hall–Kier alpha value is -2.48. The van der Waals surface area contributed by atoms with Crippen molar-refractivity contribution in [3.05, 3.63) is 82.9 Å². The van der Waals surface area contributed by atoms with E-state index in [1.54, 1.807) is 6.07 Å². The zero-order valence-corrected chi connectivity index (χ0v) is 13.6. The molecule has 120 valence electrons. The Bertz CT molecular complexity index is 908. The van der Waals surface area contributed by atoms with Crippen LogP contribution in [0, 0.1) is 11.6 Å². The Balaban J connectivity index is 1.71. The van der Waals surface area contributed by atoms with Crippen LogP contribution in [0.1, 0.15) is 30.0 Å². The highest BCUT2D eigenvalue weighted by molar-refractivity contribution is 5.80. The van der Waals surface area contributed by atoms with Gasteiger partial charge < -0.3 is 0 Å². The van der Waals surface area contributed by atoms with Crippen LogP contribution < -0.4 is 0 Å². The second-order valence-corrected chi connectivity index (χ2v) is 6.38. The van der Waals surface area contributed by atoms with Gasteiger partial charge in [0.2, 0.25) is 0 Å². The molecule has 4 rings (SSSR count). The van der Waals surface area contributed by atoms with E-state index in [4.69, 9.17) is 0 Å². The summed E-state index contributed by atoms with van der Waals surface area (Å²) in [6, 6.07) is 17.7. The molecule has 0 atom stereocenters. The van der Waals surface area contributed by atoms with E-state index in [1.165, 1.54) is 11.6 Å². The molecule has 0 saturated carbocycles. The zero-order valence-electron chi connectivity index (χ0n) is 13.6. The average molecular weight is 320 g/mol. The number of hydrogen-bond acceptors (Lipinski definition) is 0. The number of benzene rings is 3. The van der Waals surface area contributed by atoms with E-state index >= 15 is 0 Å². The van der Waals surface area contributed by atoms with E-state index < -0.39 is 11.6 Å². The maximum atomic E-state index is 14.0. The van der Waals surface area contributed by atoms with Crippen LogP contribution in [-0.4, -0.2) is 0 Å². The molecule has 0 N–H and O–H groups in total. The molecule has 0 amide bonds. The Labute approximate surface area is 140 Å². The van der Waals surface area contributed by atoms with Gasteiger partial charge in [0.1, 0.15) is 0 Å². The first kappa shape index (κ1) is 15.1. The summed E-state index contributed by atoms with van der Waals surface area (Å²) in [6.45, 7) is 2.17. The van der Waals surface area contributed by atoms with Gasteiger partial charge in [-0.25, -0.2) is 8.78 Å². The minimum atomic E-state index is -0.770. The van der Waals surface area contributed by atoms with Gasteiger partial charge in [-0.15, -0.1) is 0 Å². The van der Waals surface area contributed by atoms with E-state index in [-0.39, 0.29) is 0 Å². The first-order chi connectivity index (χ1) is 11.7. The lowest BCUT2D eigenvalue weighted by Gasteiger charge is -2.07. The van der Waals surface area contributed by atoms with Gasteiger partial charge in [-0.3, -0.25) is 0 Å². The van der Waals surface area contributed by atoms with Crippen LogP contribution in [0.4, 0.5) is 8.78 Å². The quantitative estimate of drug-likeness (QED) is 0.424. The van der Waals surface area contributed by atoms with Crippen LogP contribution in [0.3, 0.4) is 0 Å². The van der Waals surface area contributed by atoms with Gasteiger partial charge >= 0.3 is 0 Å². The predicted molar refractivity (Wildman–Crippen MR) is 94.0 cm³/mol. The minimum Gasteiger partial charge on any atom is -0.204 e. The second kappa shape index (κ2) is 5.86. The van der Waals surface area contributed by atoms with Crippen LogP contribution >= 0.6 is 0 Å². The smallest absolute Gasteiger partial charge is 0.162 e. The fourth-order valence-electron chi connectivity index (χ4n) is 3.54. The van der Waals surface area contributed by atoms with Gasteiger partial charge in [-0.2, -0.15) is 0 Å².